The van der Waals surface area contributed by atoms with Crippen molar-refractivity contribution >= 4 is 0 Å². The van der Waals surface area contributed by atoms with Gasteiger partial charge in [0, 0.05) is 6.54 Å². The van der Waals surface area contributed by atoms with Gasteiger partial charge in [0.2, 0.25) is 0 Å². The molecule has 0 radical (unpaired) electrons. The van der Waals surface area contributed by atoms with E-state index in [4.69, 9.17) is 0 Å². The summed E-state index contributed by atoms with van der Waals surface area (Å²) in [5, 5.41) is 0. The standard InChI is InChI=1S/C14H23N/c1-5-12(3)14-9-7-13(8-10-14)11-15(4)6-2/h7-10,12H,5-6,11H2,1-4H3. The number of hydrogen-bond donors (Lipinski definition) is 0. The number of rotatable bonds is 5. The molecule has 0 spiro atoms. The van der Waals surface area contributed by atoms with E-state index in [2.05, 4.69) is 57.0 Å². The Morgan fingerprint density at radius 2 is 1.73 bits per heavy atom. The second kappa shape index (κ2) is 5.92. The molecule has 0 fully saturated rings. The molecule has 1 heteroatoms. The van der Waals surface area contributed by atoms with Gasteiger partial charge in [0.1, 0.15) is 0 Å². The predicted molar refractivity (Wildman–Crippen MR) is 67.2 cm³/mol. The van der Waals surface area contributed by atoms with E-state index in [0.717, 1.165) is 13.1 Å². The van der Waals surface area contributed by atoms with Crippen LogP contribution in [0.25, 0.3) is 0 Å². The van der Waals surface area contributed by atoms with Crippen LogP contribution in [0.1, 0.15) is 44.2 Å². The van der Waals surface area contributed by atoms with Gasteiger partial charge in [-0.1, -0.05) is 45.0 Å². The van der Waals surface area contributed by atoms with E-state index in [1.165, 1.54) is 17.5 Å². The van der Waals surface area contributed by atoms with Crippen molar-refractivity contribution in [1.82, 2.24) is 4.90 Å². The third kappa shape index (κ3) is 3.67. The molecule has 0 bridgehead atoms. The van der Waals surface area contributed by atoms with Crippen LogP contribution in [0.4, 0.5) is 0 Å². The van der Waals surface area contributed by atoms with Crippen molar-refractivity contribution in [2.75, 3.05) is 13.6 Å². The first-order valence-electron chi connectivity index (χ1n) is 5.94. The van der Waals surface area contributed by atoms with E-state index in [-0.39, 0.29) is 0 Å². The molecule has 1 nitrogen and oxygen atoms in total. The molecular weight excluding hydrogens is 182 g/mol. The zero-order valence-corrected chi connectivity index (χ0v) is 10.5. The maximum absolute atomic E-state index is 2.32. The highest BCUT2D eigenvalue weighted by Gasteiger charge is 2.03. The zero-order chi connectivity index (χ0) is 11.3. The fourth-order valence-corrected chi connectivity index (χ4v) is 1.61. The number of benzene rings is 1. The monoisotopic (exact) mass is 205 g/mol. The normalized spacial score (nSPS) is 13.1. The molecule has 1 rings (SSSR count). The van der Waals surface area contributed by atoms with Crippen LogP contribution in [0.2, 0.25) is 0 Å². The number of hydrogen-bond acceptors (Lipinski definition) is 1. The minimum absolute atomic E-state index is 0.683. The van der Waals surface area contributed by atoms with Gasteiger partial charge in [0.05, 0.1) is 0 Å². The van der Waals surface area contributed by atoms with Crippen molar-refractivity contribution < 1.29 is 0 Å². The van der Waals surface area contributed by atoms with Gasteiger partial charge < -0.3 is 4.90 Å². The summed E-state index contributed by atoms with van der Waals surface area (Å²) >= 11 is 0. The van der Waals surface area contributed by atoms with Gasteiger partial charge in [-0.05, 0) is 37.1 Å². The van der Waals surface area contributed by atoms with Crippen molar-refractivity contribution in [1.29, 1.82) is 0 Å². The Morgan fingerprint density at radius 1 is 1.13 bits per heavy atom. The van der Waals surface area contributed by atoms with E-state index < -0.39 is 0 Å². The summed E-state index contributed by atoms with van der Waals surface area (Å²) in [4.78, 5) is 2.32. The molecular formula is C14H23N. The van der Waals surface area contributed by atoms with Crippen LogP contribution in [0, 0.1) is 0 Å². The van der Waals surface area contributed by atoms with Crippen LogP contribution in [0.15, 0.2) is 24.3 Å². The van der Waals surface area contributed by atoms with Crippen LogP contribution in [0.5, 0.6) is 0 Å². The minimum atomic E-state index is 0.683. The Bertz CT molecular complexity index is 276. The molecule has 0 aliphatic heterocycles. The van der Waals surface area contributed by atoms with E-state index in [1.807, 2.05) is 0 Å². The molecule has 15 heavy (non-hydrogen) atoms. The summed E-state index contributed by atoms with van der Waals surface area (Å²) in [5.74, 6) is 0.683. The fraction of sp³-hybridized carbons (Fsp3) is 0.571. The fourth-order valence-electron chi connectivity index (χ4n) is 1.61. The summed E-state index contributed by atoms with van der Waals surface area (Å²) in [7, 11) is 2.16. The first-order chi connectivity index (χ1) is 7.17. The van der Waals surface area contributed by atoms with Gasteiger partial charge in [0.25, 0.3) is 0 Å². The molecule has 0 saturated carbocycles. The van der Waals surface area contributed by atoms with Crippen LogP contribution in [0.3, 0.4) is 0 Å². The Hall–Kier alpha value is -0.820. The van der Waals surface area contributed by atoms with E-state index in [1.54, 1.807) is 0 Å². The first kappa shape index (κ1) is 12.3. The molecule has 0 aromatic heterocycles. The van der Waals surface area contributed by atoms with Gasteiger partial charge in [-0.25, -0.2) is 0 Å². The Labute approximate surface area is 94.1 Å². The lowest BCUT2D eigenvalue weighted by Gasteiger charge is -2.15. The minimum Gasteiger partial charge on any atom is -0.302 e. The molecule has 1 unspecified atom stereocenters. The Balaban J connectivity index is 2.64. The Morgan fingerprint density at radius 3 is 2.20 bits per heavy atom. The van der Waals surface area contributed by atoms with Crippen LogP contribution in [-0.4, -0.2) is 18.5 Å². The smallest absolute Gasteiger partial charge is 0.0230 e. The van der Waals surface area contributed by atoms with Crippen molar-refractivity contribution in [3.05, 3.63) is 35.4 Å². The average molecular weight is 205 g/mol. The molecule has 0 aliphatic rings. The van der Waals surface area contributed by atoms with Crippen molar-refractivity contribution in [3.63, 3.8) is 0 Å². The van der Waals surface area contributed by atoms with Gasteiger partial charge in [0.15, 0.2) is 0 Å². The van der Waals surface area contributed by atoms with Crippen molar-refractivity contribution in [3.8, 4) is 0 Å². The SMILES string of the molecule is CCC(C)c1ccc(CN(C)CC)cc1. The van der Waals surface area contributed by atoms with Crippen LogP contribution in [-0.2, 0) is 6.54 Å². The van der Waals surface area contributed by atoms with Gasteiger partial charge in [-0.2, -0.15) is 0 Å². The molecule has 1 aromatic rings. The summed E-state index contributed by atoms with van der Waals surface area (Å²) in [5.41, 5.74) is 2.87. The van der Waals surface area contributed by atoms with Crippen molar-refractivity contribution in [2.45, 2.75) is 39.7 Å². The van der Waals surface area contributed by atoms with Gasteiger partial charge in [-0.3, -0.25) is 0 Å². The summed E-state index contributed by atoms with van der Waals surface area (Å²) in [6.07, 6.45) is 1.22. The highest BCUT2D eigenvalue weighted by molar-refractivity contribution is 5.24. The van der Waals surface area contributed by atoms with Gasteiger partial charge >= 0.3 is 0 Å². The maximum Gasteiger partial charge on any atom is 0.0230 e. The molecule has 0 heterocycles. The lowest BCUT2D eigenvalue weighted by molar-refractivity contribution is 0.346. The highest BCUT2D eigenvalue weighted by atomic mass is 15.1. The van der Waals surface area contributed by atoms with Crippen LogP contribution < -0.4 is 0 Å². The lowest BCUT2D eigenvalue weighted by atomic mass is 9.97. The molecule has 0 N–H and O–H groups in total. The quantitative estimate of drug-likeness (QED) is 0.709. The third-order valence-corrected chi connectivity index (χ3v) is 3.15. The highest BCUT2D eigenvalue weighted by Crippen LogP contribution is 2.19. The molecule has 0 amide bonds. The van der Waals surface area contributed by atoms with Crippen LogP contribution >= 0.6 is 0 Å². The van der Waals surface area contributed by atoms with E-state index in [0.29, 0.717) is 5.92 Å². The molecule has 84 valence electrons. The summed E-state index contributed by atoms with van der Waals surface area (Å²) < 4.78 is 0. The van der Waals surface area contributed by atoms with E-state index >= 15 is 0 Å². The van der Waals surface area contributed by atoms with Gasteiger partial charge in [-0.15, -0.1) is 0 Å². The van der Waals surface area contributed by atoms with E-state index in [9.17, 15) is 0 Å². The molecule has 1 aromatic carbocycles. The predicted octanol–water partition coefficient (Wildman–Crippen LogP) is 3.65. The van der Waals surface area contributed by atoms with Crippen molar-refractivity contribution in [2.24, 2.45) is 0 Å². The summed E-state index contributed by atoms with van der Waals surface area (Å²) in [6, 6.07) is 9.06. The average Bonchev–Trinajstić information content (AvgIpc) is 2.29. The second-order valence-electron chi connectivity index (χ2n) is 4.38. The molecule has 0 saturated heterocycles. The molecule has 0 aliphatic carbocycles. The number of nitrogens with zero attached hydrogens (tertiary/aromatic N) is 1. The summed E-state index contributed by atoms with van der Waals surface area (Å²) in [6.45, 7) is 8.87. The third-order valence-electron chi connectivity index (χ3n) is 3.15. The lowest BCUT2D eigenvalue weighted by Crippen LogP contribution is -2.16. The molecule has 1 atom stereocenters. The topological polar surface area (TPSA) is 3.24 Å². The largest absolute Gasteiger partial charge is 0.302 e. The second-order valence-corrected chi connectivity index (χ2v) is 4.38. The maximum atomic E-state index is 2.32. The Kier molecular flexibility index (Phi) is 4.83. The first-order valence-corrected chi connectivity index (χ1v) is 5.94. The zero-order valence-electron chi connectivity index (χ0n) is 10.5.